The Bertz CT molecular complexity index is 886. The van der Waals surface area contributed by atoms with E-state index in [0.29, 0.717) is 17.2 Å². The highest BCUT2D eigenvalue weighted by Crippen LogP contribution is 2.19. The van der Waals surface area contributed by atoms with Crippen molar-refractivity contribution in [3.8, 4) is 0 Å². The van der Waals surface area contributed by atoms with Crippen LogP contribution in [0.4, 0.5) is 5.69 Å². The number of carbonyl (C=O) groups excluding carboxylic acids is 2. The van der Waals surface area contributed by atoms with Crippen molar-refractivity contribution in [3.63, 3.8) is 0 Å². The van der Waals surface area contributed by atoms with Gasteiger partial charge in [-0.1, -0.05) is 24.3 Å². The Morgan fingerprint density at radius 1 is 1.19 bits per heavy atom. The second-order valence-electron chi connectivity index (χ2n) is 6.24. The number of amides is 1. The summed E-state index contributed by atoms with van der Waals surface area (Å²) >= 11 is 0. The van der Waals surface area contributed by atoms with Crippen LogP contribution in [0, 0.1) is 10.1 Å². The fraction of sp³-hybridized carbons (Fsp3) is 0.200. The fourth-order valence-electron chi connectivity index (χ4n) is 2.37. The van der Waals surface area contributed by atoms with Crippen LogP contribution in [-0.4, -0.2) is 22.8 Å². The van der Waals surface area contributed by atoms with E-state index in [4.69, 9.17) is 4.74 Å². The molecule has 1 fully saturated rings. The molecule has 0 radical (unpaired) electrons. The van der Waals surface area contributed by atoms with E-state index < -0.39 is 10.9 Å². The topological polar surface area (TPSA) is 98.5 Å². The smallest absolute Gasteiger partial charge is 0.331 e. The summed E-state index contributed by atoms with van der Waals surface area (Å²) in [5, 5.41) is 13.6. The molecule has 0 spiro atoms. The largest absolute Gasteiger partial charge is 0.458 e. The lowest BCUT2D eigenvalue weighted by molar-refractivity contribution is -0.384. The summed E-state index contributed by atoms with van der Waals surface area (Å²) < 4.78 is 5.08. The Balaban J connectivity index is 1.51. The Morgan fingerprint density at radius 2 is 1.93 bits per heavy atom. The Morgan fingerprint density at radius 3 is 2.59 bits per heavy atom. The predicted molar refractivity (Wildman–Crippen MR) is 98.9 cm³/mol. The number of ether oxygens (including phenoxy) is 1. The van der Waals surface area contributed by atoms with E-state index in [1.54, 1.807) is 36.4 Å². The van der Waals surface area contributed by atoms with Crippen LogP contribution in [0.3, 0.4) is 0 Å². The normalized spacial score (nSPS) is 13.3. The van der Waals surface area contributed by atoms with E-state index in [0.717, 1.165) is 18.4 Å². The van der Waals surface area contributed by atoms with Crippen LogP contribution in [-0.2, 0) is 16.1 Å². The summed E-state index contributed by atoms with van der Waals surface area (Å²) in [5.41, 5.74) is 1.82. The molecule has 1 aliphatic carbocycles. The van der Waals surface area contributed by atoms with E-state index in [-0.39, 0.29) is 18.2 Å². The molecule has 7 nitrogen and oxygen atoms in total. The molecule has 7 heteroatoms. The first-order valence-electron chi connectivity index (χ1n) is 8.50. The van der Waals surface area contributed by atoms with E-state index in [2.05, 4.69) is 5.32 Å². The molecule has 0 aliphatic heterocycles. The zero-order valence-electron chi connectivity index (χ0n) is 14.5. The van der Waals surface area contributed by atoms with E-state index in [1.165, 1.54) is 24.3 Å². The first kappa shape index (κ1) is 18.3. The molecule has 1 N–H and O–H groups in total. The lowest BCUT2D eigenvalue weighted by atomic mass is 10.1. The van der Waals surface area contributed by atoms with Gasteiger partial charge in [-0.15, -0.1) is 0 Å². The lowest BCUT2D eigenvalue weighted by Gasteiger charge is -2.04. The molecule has 0 heterocycles. The minimum Gasteiger partial charge on any atom is -0.458 e. The zero-order chi connectivity index (χ0) is 19.2. The molecule has 1 amide bonds. The number of nitro benzene ring substituents is 1. The van der Waals surface area contributed by atoms with E-state index in [1.807, 2.05) is 0 Å². The fourth-order valence-corrected chi connectivity index (χ4v) is 2.37. The van der Waals surface area contributed by atoms with Crippen LogP contribution in [0.15, 0.2) is 54.6 Å². The molecule has 0 unspecified atom stereocenters. The van der Waals surface area contributed by atoms with Crippen LogP contribution >= 0.6 is 0 Å². The molecule has 1 aliphatic rings. The molecular formula is C20H18N2O5. The van der Waals surface area contributed by atoms with Crippen LogP contribution in [0.2, 0.25) is 0 Å². The summed E-state index contributed by atoms with van der Waals surface area (Å²) in [6.07, 6.45) is 4.92. The maximum atomic E-state index is 11.9. The maximum Gasteiger partial charge on any atom is 0.331 e. The minimum atomic E-state index is -0.558. The van der Waals surface area contributed by atoms with Crippen molar-refractivity contribution >= 4 is 23.6 Å². The number of benzene rings is 2. The molecule has 2 aromatic rings. The summed E-state index contributed by atoms with van der Waals surface area (Å²) in [5.74, 6) is -0.651. The van der Waals surface area contributed by atoms with Gasteiger partial charge in [-0.05, 0) is 42.2 Å². The number of nitro groups is 1. The maximum absolute atomic E-state index is 11.9. The zero-order valence-corrected chi connectivity index (χ0v) is 14.5. The van der Waals surface area contributed by atoms with Gasteiger partial charge in [-0.2, -0.15) is 0 Å². The number of hydrogen-bond donors (Lipinski definition) is 1. The minimum absolute atomic E-state index is 0.0505. The van der Waals surface area contributed by atoms with Crippen molar-refractivity contribution in [2.45, 2.75) is 25.5 Å². The van der Waals surface area contributed by atoms with Gasteiger partial charge in [-0.25, -0.2) is 4.79 Å². The van der Waals surface area contributed by atoms with Crippen LogP contribution in [0.5, 0.6) is 0 Å². The van der Waals surface area contributed by atoms with Crippen LogP contribution in [0.1, 0.15) is 34.3 Å². The third-order valence-corrected chi connectivity index (χ3v) is 4.00. The summed E-state index contributed by atoms with van der Waals surface area (Å²) in [7, 11) is 0. The monoisotopic (exact) mass is 366 g/mol. The number of non-ortho nitro benzene ring substituents is 1. The second kappa shape index (κ2) is 8.27. The standard InChI is InChI=1S/C20H18N2O5/c23-19(27-13-15-2-1-3-18(12-15)22(25)26)11-6-14-4-7-16(8-5-14)20(24)21-17-9-10-17/h1-8,11-12,17H,9-10,13H2,(H,21,24). The number of carbonyl (C=O) groups is 2. The quantitative estimate of drug-likeness (QED) is 0.351. The van der Waals surface area contributed by atoms with Gasteiger partial charge in [0, 0.05) is 29.8 Å². The van der Waals surface area contributed by atoms with Crippen molar-refractivity contribution in [1.82, 2.24) is 5.32 Å². The van der Waals surface area contributed by atoms with E-state index in [9.17, 15) is 19.7 Å². The third-order valence-electron chi connectivity index (χ3n) is 4.00. The summed E-state index contributed by atoms with van der Waals surface area (Å²) in [4.78, 5) is 34.0. The Kier molecular flexibility index (Phi) is 5.61. The number of nitrogens with zero attached hydrogens (tertiary/aromatic N) is 1. The summed E-state index contributed by atoms with van der Waals surface area (Å²) in [6.45, 7) is -0.0505. The average molecular weight is 366 g/mol. The lowest BCUT2D eigenvalue weighted by Crippen LogP contribution is -2.25. The molecule has 138 valence electrons. The molecule has 0 aromatic heterocycles. The van der Waals surface area contributed by atoms with Crippen LogP contribution in [0.25, 0.3) is 6.08 Å². The number of rotatable bonds is 7. The molecule has 1 saturated carbocycles. The molecule has 27 heavy (non-hydrogen) atoms. The van der Waals surface area contributed by atoms with Gasteiger partial charge in [0.15, 0.2) is 0 Å². The average Bonchev–Trinajstić information content (AvgIpc) is 3.49. The van der Waals surface area contributed by atoms with Crippen molar-refractivity contribution in [2.75, 3.05) is 0 Å². The predicted octanol–water partition coefficient (Wildman–Crippen LogP) is 3.24. The third kappa shape index (κ3) is 5.50. The first-order chi connectivity index (χ1) is 13.0. The second-order valence-corrected chi connectivity index (χ2v) is 6.24. The van der Waals surface area contributed by atoms with Crippen molar-refractivity contribution in [1.29, 1.82) is 0 Å². The molecular weight excluding hydrogens is 348 g/mol. The molecule has 2 aromatic carbocycles. The highest BCUT2D eigenvalue weighted by atomic mass is 16.6. The van der Waals surface area contributed by atoms with Crippen molar-refractivity contribution < 1.29 is 19.2 Å². The van der Waals surface area contributed by atoms with Gasteiger partial charge in [0.05, 0.1) is 4.92 Å². The highest BCUT2D eigenvalue weighted by Gasteiger charge is 2.23. The van der Waals surface area contributed by atoms with Crippen molar-refractivity contribution in [2.24, 2.45) is 0 Å². The van der Waals surface area contributed by atoms with E-state index >= 15 is 0 Å². The van der Waals surface area contributed by atoms with Gasteiger partial charge in [0.2, 0.25) is 0 Å². The summed E-state index contributed by atoms with van der Waals surface area (Å²) in [6, 6.07) is 13.1. The van der Waals surface area contributed by atoms with Crippen LogP contribution < -0.4 is 5.32 Å². The van der Waals surface area contributed by atoms with Gasteiger partial charge in [0.1, 0.15) is 6.61 Å². The van der Waals surface area contributed by atoms with Gasteiger partial charge >= 0.3 is 5.97 Å². The highest BCUT2D eigenvalue weighted by molar-refractivity contribution is 5.95. The number of nitrogens with one attached hydrogen (secondary N) is 1. The Hall–Kier alpha value is -3.48. The first-order valence-corrected chi connectivity index (χ1v) is 8.50. The number of esters is 1. The van der Waals surface area contributed by atoms with Gasteiger partial charge in [0.25, 0.3) is 11.6 Å². The molecule has 0 saturated heterocycles. The molecule has 0 atom stereocenters. The van der Waals surface area contributed by atoms with Gasteiger partial charge in [-0.3, -0.25) is 14.9 Å². The SMILES string of the molecule is O=C(C=Cc1ccc(C(=O)NC2CC2)cc1)OCc1cccc([N+](=O)[O-])c1. The Labute approximate surface area is 155 Å². The molecule has 3 rings (SSSR count). The van der Waals surface area contributed by atoms with Crippen molar-refractivity contribution in [3.05, 3.63) is 81.4 Å². The number of hydrogen-bond acceptors (Lipinski definition) is 5. The van der Waals surface area contributed by atoms with Gasteiger partial charge < -0.3 is 10.1 Å². The molecule has 0 bridgehead atoms.